The molecule has 0 aliphatic carbocycles. The summed E-state index contributed by atoms with van der Waals surface area (Å²) in [6, 6.07) is 0.621. The first-order valence-electron chi connectivity index (χ1n) is 18.8. The van der Waals surface area contributed by atoms with Gasteiger partial charge in [0.1, 0.15) is 12.4 Å². The van der Waals surface area contributed by atoms with Crippen LogP contribution in [0.2, 0.25) is 0 Å². The molecule has 2 atom stereocenters. The molecule has 0 saturated carbocycles. The van der Waals surface area contributed by atoms with Gasteiger partial charge in [-0.2, -0.15) is 0 Å². The number of hydrogen-bond donors (Lipinski definition) is 1. The van der Waals surface area contributed by atoms with Gasteiger partial charge in [-0.1, -0.05) is 181 Å². The maximum absolute atomic E-state index is 3.72. The Morgan fingerprint density at radius 2 is 0.800 bits per heavy atom. The molecular weight excluding hydrogens is 484 g/mol. The average molecular weight is 560 g/mol. The Morgan fingerprint density at radius 3 is 1.20 bits per heavy atom. The molecule has 0 bridgehead atoms. The van der Waals surface area contributed by atoms with Crippen molar-refractivity contribution in [3.8, 4) is 0 Å². The number of unbranched alkanes of at least 4 members (excludes halogenated alkanes) is 23. The highest BCUT2D eigenvalue weighted by Crippen LogP contribution is 2.27. The molecule has 1 aromatic heterocycles. The topological polar surface area (TPSA) is 19.7 Å². The zero-order valence-corrected chi connectivity index (χ0v) is 28.3. The van der Waals surface area contributed by atoms with E-state index in [0.717, 1.165) is 0 Å². The highest BCUT2D eigenvalue weighted by molar-refractivity contribution is 4.90. The summed E-state index contributed by atoms with van der Waals surface area (Å²) in [4.78, 5) is 3.72. The Kier molecular flexibility index (Phi) is 26.4. The molecule has 0 fully saturated rings. The lowest BCUT2D eigenvalue weighted by Crippen LogP contribution is -2.41. The van der Waals surface area contributed by atoms with Crippen molar-refractivity contribution in [2.24, 2.45) is 0 Å². The van der Waals surface area contributed by atoms with Crippen molar-refractivity contribution in [1.29, 1.82) is 0 Å². The molecule has 0 amide bonds. The standard InChI is InChI=1S/C38H74N2/c1-5-8-11-14-16-18-19-20-21-22-23-24-26-28-31-36(4)40-35-34-39-38(40)37(32-29-13-10-7-3)33-30-27-25-17-15-12-9-6-2/h34-37H,5-33H2,1-4H3/p+1. The third-order valence-corrected chi connectivity index (χ3v) is 9.39. The van der Waals surface area contributed by atoms with Gasteiger partial charge in [-0.05, 0) is 32.6 Å². The molecule has 0 aromatic carbocycles. The number of imidazole rings is 1. The van der Waals surface area contributed by atoms with E-state index >= 15 is 0 Å². The van der Waals surface area contributed by atoms with Gasteiger partial charge < -0.3 is 0 Å². The Morgan fingerprint density at radius 1 is 0.475 bits per heavy atom. The molecule has 1 aromatic rings. The maximum atomic E-state index is 3.72. The highest BCUT2D eigenvalue weighted by atomic mass is 15.1. The largest absolute Gasteiger partial charge is 0.257 e. The normalized spacial score (nSPS) is 13.2. The summed E-state index contributed by atoms with van der Waals surface area (Å²) in [5.41, 5.74) is 0. The van der Waals surface area contributed by atoms with E-state index in [2.05, 4.69) is 49.6 Å². The van der Waals surface area contributed by atoms with Crippen LogP contribution in [-0.4, -0.2) is 4.98 Å². The lowest BCUT2D eigenvalue weighted by atomic mass is 9.93. The molecule has 2 nitrogen and oxygen atoms in total. The van der Waals surface area contributed by atoms with Crippen LogP contribution in [0.25, 0.3) is 0 Å². The van der Waals surface area contributed by atoms with Gasteiger partial charge in [-0.25, -0.2) is 9.55 Å². The minimum Gasteiger partial charge on any atom is -0.247 e. The number of rotatable bonds is 31. The predicted octanol–water partition coefficient (Wildman–Crippen LogP) is 13.3. The molecule has 40 heavy (non-hydrogen) atoms. The van der Waals surface area contributed by atoms with E-state index in [9.17, 15) is 0 Å². The van der Waals surface area contributed by atoms with Crippen molar-refractivity contribution in [2.75, 3.05) is 0 Å². The zero-order valence-electron chi connectivity index (χ0n) is 28.3. The molecule has 1 N–H and O–H groups in total. The number of hydrogen-bond acceptors (Lipinski definition) is 0. The van der Waals surface area contributed by atoms with E-state index in [-0.39, 0.29) is 0 Å². The van der Waals surface area contributed by atoms with Crippen LogP contribution in [0.1, 0.15) is 232 Å². The van der Waals surface area contributed by atoms with Crippen LogP contribution in [0.5, 0.6) is 0 Å². The molecule has 0 saturated heterocycles. The van der Waals surface area contributed by atoms with Gasteiger partial charge in [0.25, 0.3) is 5.82 Å². The summed E-state index contributed by atoms with van der Waals surface area (Å²) >= 11 is 0. The predicted molar refractivity (Wildman–Crippen MR) is 179 cm³/mol. The van der Waals surface area contributed by atoms with Crippen molar-refractivity contribution in [2.45, 2.75) is 226 Å². The van der Waals surface area contributed by atoms with Crippen molar-refractivity contribution < 1.29 is 4.57 Å². The van der Waals surface area contributed by atoms with Gasteiger partial charge in [0.2, 0.25) is 0 Å². The molecule has 0 spiro atoms. The van der Waals surface area contributed by atoms with Gasteiger partial charge in [0.15, 0.2) is 0 Å². The summed E-state index contributed by atoms with van der Waals surface area (Å²) in [6.07, 6.45) is 45.7. The zero-order chi connectivity index (χ0) is 28.9. The summed E-state index contributed by atoms with van der Waals surface area (Å²) in [5, 5.41) is 0. The molecular formula is C38H75N2+. The van der Waals surface area contributed by atoms with Gasteiger partial charge >= 0.3 is 0 Å². The van der Waals surface area contributed by atoms with Gasteiger partial charge in [-0.15, -0.1) is 0 Å². The van der Waals surface area contributed by atoms with Gasteiger partial charge in [0.05, 0.1) is 12.0 Å². The smallest absolute Gasteiger partial charge is 0.247 e. The molecule has 0 aliphatic heterocycles. The Balaban J connectivity index is 2.28. The number of aromatic nitrogens is 2. The second-order valence-electron chi connectivity index (χ2n) is 13.3. The Labute approximate surface area is 253 Å². The average Bonchev–Trinajstić information content (AvgIpc) is 3.45. The minimum atomic E-state index is 0.621. The first-order valence-corrected chi connectivity index (χ1v) is 18.8. The van der Waals surface area contributed by atoms with E-state index in [1.807, 2.05) is 0 Å². The quantitative estimate of drug-likeness (QED) is 0.0689. The molecule has 1 heterocycles. The third kappa shape index (κ3) is 20.1. The van der Waals surface area contributed by atoms with Crippen molar-refractivity contribution in [1.82, 2.24) is 4.98 Å². The summed E-state index contributed by atoms with van der Waals surface area (Å²) in [5.74, 6) is 2.24. The molecule has 0 aliphatic rings. The lowest BCUT2D eigenvalue weighted by molar-refractivity contribution is -0.727. The summed E-state index contributed by atoms with van der Waals surface area (Å²) < 4.78 is 2.62. The third-order valence-electron chi connectivity index (χ3n) is 9.39. The molecule has 2 heteroatoms. The molecule has 0 radical (unpaired) electrons. The van der Waals surface area contributed by atoms with E-state index in [1.54, 1.807) is 0 Å². The monoisotopic (exact) mass is 560 g/mol. The van der Waals surface area contributed by atoms with E-state index in [4.69, 9.17) is 0 Å². The fraction of sp³-hybridized carbons (Fsp3) is 0.921. The summed E-state index contributed by atoms with van der Waals surface area (Å²) in [7, 11) is 0. The number of H-pyrrole nitrogens is 1. The van der Waals surface area contributed by atoms with Crippen LogP contribution in [0.15, 0.2) is 12.4 Å². The summed E-state index contributed by atoms with van der Waals surface area (Å²) in [6.45, 7) is 9.41. The molecule has 2 unspecified atom stereocenters. The van der Waals surface area contributed by atoms with Crippen molar-refractivity contribution in [3.63, 3.8) is 0 Å². The Hall–Kier alpha value is -0.790. The number of aromatic amines is 1. The van der Waals surface area contributed by atoms with Crippen LogP contribution in [0.3, 0.4) is 0 Å². The van der Waals surface area contributed by atoms with E-state index < -0.39 is 0 Å². The minimum absolute atomic E-state index is 0.621. The maximum Gasteiger partial charge on any atom is 0.257 e. The van der Waals surface area contributed by atoms with Crippen LogP contribution in [0.4, 0.5) is 0 Å². The number of nitrogens with one attached hydrogen (secondary N) is 1. The Bertz CT molecular complexity index is 621. The van der Waals surface area contributed by atoms with E-state index in [1.165, 1.54) is 192 Å². The van der Waals surface area contributed by atoms with Gasteiger partial charge in [0, 0.05) is 0 Å². The number of nitrogens with zero attached hydrogens (tertiary/aromatic N) is 1. The molecule has 236 valence electrons. The van der Waals surface area contributed by atoms with Gasteiger partial charge in [-0.3, -0.25) is 0 Å². The fourth-order valence-corrected chi connectivity index (χ4v) is 6.60. The first-order chi connectivity index (χ1) is 19.7. The van der Waals surface area contributed by atoms with Crippen LogP contribution in [0, 0.1) is 0 Å². The van der Waals surface area contributed by atoms with E-state index in [0.29, 0.717) is 12.0 Å². The fourth-order valence-electron chi connectivity index (χ4n) is 6.60. The second kappa shape index (κ2) is 28.3. The van der Waals surface area contributed by atoms with Crippen LogP contribution >= 0.6 is 0 Å². The molecule has 1 rings (SSSR count). The highest BCUT2D eigenvalue weighted by Gasteiger charge is 2.25. The van der Waals surface area contributed by atoms with Crippen molar-refractivity contribution in [3.05, 3.63) is 18.2 Å². The SMILES string of the molecule is CCCCCCCCCCCCCCCCC(C)[n+]1cc[nH]c1C(CCCCCC)CCCCCCCCCC. The van der Waals surface area contributed by atoms with Crippen LogP contribution in [-0.2, 0) is 0 Å². The van der Waals surface area contributed by atoms with Crippen molar-refractivity contribution >= 4 is 0 Å². The second-order valence-corrected chi connectivity index (χ2v) is 13.3. The van der Waals surface area contributed by atoms with Crippen LogP contribution < -0.4 is 4.57 Å². The lowest BCUT2D eigenvalue weighted by Gasteiger charge is -2.17. The first kappa shape index (κ1) is 37.2.